The van der Waals surface area contributed by atoms with E-state index in [9.17, 15) is 14.4 Å². The number of carboxylic acid groups (broad SMARTS) is 1. The largest absolute Gasteiger partial charge is 0.478 e. The molecule has 0 aliphatic heterocycles. The number of hydrogen-bond acceptors (Lipinski definition) is 4. The minimum atomic E-state index is -1.10. The van der Waals surface area contributed by atoms with Crippen molar-refractivity contribution in [2.45, 2.75) is 6.92 Å². The fourth-order valence-electron chi connectivity index (χ4n) is 1.73. The molecule has 1 aromatic carbocycles. The highest BCUT2D eigenvalue weighted by molar-refractivity contribution is 7.16. The van der Waals surface area contributed by atoms with E-state index in [-0.39, 0.29) is 10.6 Å². The number of benzene rings is 1. The highest BCUT2D eigenvalue weighted by Crippen LogP contribution is 2.28. The van der Waals surface area contributed by atoms with Crippen molar-refractivity contribution in [2.75, 3.05) is 5.32 Å². The Morgan fingerprint density at radius 3 is 2.24 bits per heavy atom. The Kier molecular flexibility index (Phi) is 4.04. The van der Waals surface area contributed by atoms with Crippen LogP contribution in [0.1, 0.15) is 36.0 Å². The number of carboxylic acids is 1. The maximum Gasteiger partial charge on any atom is 0.338 e. The van der Waals surface area contributed by atoms with Crippen LogP contribution in [0.5, 0.6) is 0 Å². The van der Waals surface area contributed by atoms with Crippen molar-refractivity contribution < 1.29 is 19.5 Å². The van der Waals surface area contributed by atoms with Crippen LogP contribution in [-0.4, -0.2) is 22.9 Å². The number of aromatic carboxylic acids is 1. The summed E-state index contributed by atoms with van der Waals surface area (Å²) in [7, 11) is 0. The number of amides is 2. The minimum absolute atomic E-state index is 0.0552. The van der Waals surface area contributed by atoms with Crippen LogP contribution in [0.15, 0.2) is 30.3 Å². The summed E-state index contributed by atoms with van der Waals surface area (Å²) >= 11 is 1.19. The number of hydrogen-bond donors (Lipinski definition) is 3. The van der Waals surface area contributed by atoms with Crippen LogP contribution >= 0.6 is 11.3 Å². The Bertz CT molecular complexity index is 719. The van der Waals surface area contributed by atoms with Crippen LogP contribution in [0, 0.1) is 6.92 Å². The van der Waals surface area contributed by atoms with Gasteiger partial charge >= 0.3 is 5.97 Å². The van der Waals surface area contributed by atoms with Gasteiger partial charge in [-0.15, -0.1) is 11.3 Å². The number of carbonyl (C=O) groups excluding carboxylic acids is 2. The van der Waals surface area contributed by atoms with E-state index in [0.29, 0.717) is 11.1 Å². The van der Waals surface area contributed by atoms with Crippen molar-refractivity contribution in [2.24, 2.45) is 5.73 Å². The summed E-state index contributed by atoms with van der Waals surface area (Å²) in [6.07, 6.45) is 0. The maximum absolute atomic E-state index is 12.1. The van der Waals surface area contributed by atoms with Crippen LogP contribution < -0.4 is 11.1 Å². The molecule has 0 aliphatic carbocycles. The average Bonchev–Trinajstić information content (AvgIpc) is 2.80. The topological polar surface area (TPSA) is 109 Å². The molecule has 0 unspecified atom stereocenters. The van der Waals surface area contributed by atoms with E-state index in [1.807, 2.05) is 0 Å². The highest BCUT2D eigenvalue weighted by atomic mass is 32.1. The van der Waals surface area contributed by atoms with Gasteiger partial charge in [-0.05, 0) is 37.3 Å². The molecule has 0 spiro atoms. The molecule has 0 saturated heterocycles. The van der Waals surface area contributed by atoms with Crippen molar-refractivity contribution in [3.63, 3.8) is 0 Å². The lowest BCUT2D eigenvalue weighted by Crippen LogP contribution is -2.14. The number of nitrogens with two attached hydrogens (primary N) is 1. The summed E-state index contributed by atoms with van der Waals surface area (Å²) in [5, 5.41) is 11.9. The lowest BCUT2D eigenvalue weighted by molar-refractivity contribution is 0.0698. The summed E-state index contributed by atoms with van der Waals surface area (Å²) in [6, 6.07) is 7.29. The first-order valence-electron chi connectivity index (χ1n) is 5.93. The van der Waals surface area contributed by atoms with Gasteiger partial charge in [0.15, 0.2) is 0 Å². The smallest absolute Gasteiger partial charge is 0.338 e. The zero-order valence-corrected chi connectivity index (χ0v) is 11.9. The zero-order valence-electron chi connectivity index (χ0n) is 11.0. The Morgan fingerprint density at radius 1 is 1.14 bits per heavy atom. The van der Waals surface area contributed by atoms with E-state index in [4.69, 9.17) is 10.8 Å². The van der Waals surface area contributed by atoms with Gasteiger partial charge in [0.2, 0.25) is 5.91 Å². The van der Waals surface area contributed by atoms with Crippen LogP contribution in [0.2, 0.25) is 0 Å². The first-order valence-corrected chi connectivity index (χ1v) is 6.75. The quantitative estimate of drug-likeness (QED) is 0.803. The Morgan fingerprint density at radius 2 is 1.71 bits per heavy atom. The summed E-state index contributed by atoms with van der Waals surface area (Å²) < 4.78 is 0. The Hall–Kier alpha value is -2.67. The number of anilines is 1. The van der Waals surface area contributed by atoms with Crippen LogP contribution in [0.4, 0.5) is 5.00 Å². The van der Waals surface area contributed by atoms with Gasteiger partial charge in [0.05, 0.1) is 5.56 Å². The molecule has 108 valence electrons. The predicted octanol–water partition coefficient (Wildman–Crippen LogP) is 2.11. The van der Waals surface area contributed by atoms with Gasteiger partial charge < -0.3 is 16.2 Å². The van der Waals surface area contributed by atoms with Gasteiger partial charge in [-0.25, -0.2) is 4.79 Å². The van der Waals surface area contributed by atoms with Crippen molar-refractivity contribution in [3.8, 4) is 0 Å². The molecule has 0 aliphatic rings. The lowest BCUT2D eigenvalue weighted by Gasteiger charge is -2.04. The van der Waals surface area contributed by atoms with E-state index in [1.54, 1.807) is 6.92 Å². The van der Waals surface area contributed by atoms with E-state index in [1.165, 1.54) is 41.7 Å². The van der Waals surface area contributed by atoms with E-state index in [0.717, 1.165) is 4.88 Å². The van der Waals surface area contributed by atoms with Gasteiger partial charge in [0.25, 0.3) is 5.91 Å². The molecule has 0 radical (unpaired) electrons. The van der Waals surface area contributed by atoms with Crippen molar-refractivity contribution >= 4 is 34.1 Å². The summed E-state index contributed by atoms with van der Waals surface area (Å²) in [6.45, 7) is 1.76. The standard InChI is InChI=1S/C14H12N2O4S/c1-7-6-10(14(19)20)13(21-7)16-12(18)9-4-2-8(3-5-9)11(15)17/h2-6H,1H3,(H2,15,17)(H,16,18)(H,19,20). The summed E-state index contributed by atoms with van der Waals surface area (Å²) in [4.78, 5) is 34.9. The van der Waals surface area contributed by atoms with E-state index in [2.05, 4.69) is 5.32 Å². The highest BCUT2D eigenvalue weighted by Gasteiger charge is 2.16. The van der Waals surface area contributed by atoms with Crippen LogP contribution in [0.25, 0.3) is 0 Å². The third-order valence-corrected chi connectivity index (χ3v) is 3.71. The molecule has 0 atom stereocenters. The van der Waals surface area contributed by atoms with Gasteiger partial charge in [0.1, 0.15) is 5.00 Å². The van der Waals surface area contributed by atoms with Crippen LogP contribution in [0.3, 0.4) is 0 Å². The molecule has 1 aromatic heterocycles. The van der Waals surface area contributed by atoms with Crippen molar-refractivity contribution in [1.29, 1.82) is 0 Å². The molecule has 1 heterocycles. The van der Waals surface area contributed by atoms with Gasteiger partial charge in [-0.3, -0.25) is 9.59 Å². The predicted molar refractivity (Wildman–Crippen MR) is 78.9 cm³/mol. The lowest BCUT2D eigenvalue weighted by atomic mass is 10.1. The van der Waals surface area contributed by atoms with Gasteiger partial charge in [-0.2, -0.15) is 0 Å². The first kappa shape index (κ1) is 14.7. The number of nitrogens with one attached hydrogen (secondary N) is 1. The molecule has 0 fully saturated rings. The average molecular weight is 304 g/mol. The maximum atomic E-state index is 12.1. The molecule has 21 heavy (non-hydrogen) atoms. The molecule has 4 N–H and O–H groups in total. The Balaban J connectivity index is 2.22. The molecule has 6 nitrogen and oxygen atoms in total. The summed E-state index contributed by atoms with van der Waals surface area (Å²) in [5.41, 5.74) is 5.78. The molecular weight excluding hydrogens is 292 g/mol. The van der Waals surface area contributed by atoms with Crippen molar-refractivity contribution in [3.05, 3.63) is 51.9 Å². The second kappa shape index (κ2) is 5.76. The number of carbonyl (C=O) groups is 3. The molecule has 2 rings (SSSR count). The SMILES string of the molecule is Cc1cc(C(=O)O)c(NC(=O)c2ccc(C(N)=O)cc2)s1. The molecule has 2 amide bonds. The second-order valence-electron chi connectivity index (χ2n) is 4.30. The molecular formula is C14H12N2O4S. The second-order valence-corrected chi connectivity index (χ2v) is 5.56. The van der Waals surface area contributed by atoms with Gasteiger partial charge in [0, 0.05) is 16.0 Å². The first-order chi connectivity index (χ1) is 9.88. The molecule has 2 aromatic rings. The van der Waals surface area contributed by atoms with Gasteiger partial charge in [-0.1, -0.05) is 0 Å². The normalized spacial score (nSPS) is 10.1. The zero-order chi connectivity index (χ0) is 15.6. The third-order valence-electron chi connectivity index (χ3n) is 2.74. The van der Waals surface area contributed by atoms with E-state index < -0.39 is 17.8 Å². The number of aryl methyl sites for hydroxylation is 1. The number of rotatable bonds is 4. The minimum Gasteiger partial charge on any atom is -0.478 e. The molecule has 7 heteroatoms. The fourth-order valence-corrected chi connectivity index (χ4v) is 2.63. The number of thiophene rings is 1. The van der Waals surface area contributed by atoms with Crippen molar-refractivity contribution in [1.82, 2.24) is 0 Å². The summed E-state index contributed by atoms with van der Waals surface area (Å²) in [5.74, 6) is -2.13. The van der Waals surface area contributed by atoms with E-state index >= 15 is 0 Å². The molecule has 0 bridgehead atoms. The Labute approximate surface area is 124 Å². The monoisotopic (exact) mass is 304 g/mol. The fraction of sp³-hybridized carbons (Fsp3) is 0.0714. The number of primary amides is 1. The third kappa shape index (κ3) is 3.26. The molecule has 0 saturated carbocycles. The van der Waals surface area contributed by atoms with Crippen LogP contribution in [-0.2, 0) is 0 Å².